The summed E-state index contributed by atoms with van der Waals surface area (Å²) >= 11 is 0. The van der Waals surface area contributed by atoms with Crippen LogP contribution < -0.4 is 21.3 Å². The molecule has 1 rings (SSSR count). The zero-order valence-electron chi connectivity index (χ0n) is 12.6. The van der Waals surface area contributed by atoms with E-state index < -0.39 is 15.6 Å². The molecule has 0 fully saturated rings. The molecule has 1 aromatic carbocycles. The van der Waals surface area contributed by atoms with Crippen molar-refractivity contribution in [1.82, 2.24) is 10.0 Å². The van der Waals surface area contributed by atoms with Gasteiger partial charge in [-0.25, -0.2) is 13.1 Å². The van der Waals surface area contributed by atoms with E-state index in [1.165, 1.54) is 0 Å². The second-order valence-corrected chi connectivity index (χ2v) is 7.36. The zero-order valence-corrected chi connectivity index (χ0v) is 13.5. The highest BCUT2D eigenvalue weighted by atomic mass is 32.2. The summed E-state index contributed by atoms with van der Waals surface area (Å²) in [5, 5.41) is 2.71. The summed E-state index contributed by atoms with van der Waals surface area (Å²) in [6, 6.07) is 5.07. The Hall–Kier alpha value is -1.64. The molecule has 0 saturated carbocycles. The number of nitrogen functional groups attached to an aromatic ring is 1. The highest BCUT2D eigenvalue weighted by Crippen LogP contribution is 2.15. The highest BCUT2D eigenvalue weighted by molar-refractivity contribution is 7.88. The monoisotopic (exact) mass is 314 g/mol. The van der Waals surface area contributed by atoms with Crippen molar-refractivity contribution < 1.29 is 13.2 Å². The Morgan fingerprint density at radius 1 is 1.33 bits per heavy atom. The molecule has 118 valence electrons. The number of nitrogens with two attached hydrogens (primary N) is 1. The minimum absolute atomic E-state index is 0.175. The summed E-state index contributed by atoms with van der Waals surface area (Å²) in [4.78, 5) is 12.1. The minimum atomic E-state index is -3.33. The van der Waals surface area contributed by atoms with Crippen molar-refractivity contribution in [2.24, 2.45) is 5.84 Å². The summed E-state index contributed by atoms with van der Waals surface area (Å²) in [7, 11) is -3.33. The van der Waals surface area contributed by atoms with Crippen molar-refractivity contribution in [3.8, 4) is 0 Å². The molecule has 0 bridgehead atoms. The molecular weight excluding hydrogens is 292 g/mol. The molecule has 0 spiro atoms. The molecule has 0 unspecified atom stereocenters. The lowest BCUT2D eigenvalue weighted by atomic mass is 10.1. The van der Waals surface area contributed by atoms with Crippen LogP contribution in [0.2, 0.25) is 0 Å². The van der Waals surface area contributed by atoms with Crippen LogP contribution in [0.4, 0.5) is 5.69 Å². The third-order valence-corrected chi connectivity index (χ3v) is 3.72. The van der Waals surface area contributed by atoms with E-state index in [1.54, 1.807) is 32.0 Å². The fourth-order valence-corrected chi connectivity index (χ4v) is 2.98. The smallest absolute Gasteiger partial charge is 0.251 e. The van der Waals surface area contributed by atoms with Crippen molar-refractivity contribution in [2.45, 2.75) is 26.3 Å². The van der Waals surface area contributed by atoms with Gasteiger partial charge in [0.2, 0.25) is 10.0 Å². The predicted molar refractivity (Wildman–Crippen MR) is 83.4 cm³/mol. The second-order valence-electron chi connectivity index (χ2n) is 5.61. The number of sulfonamides is 1. The fraction of sp³-hybridized carbons (Fsp3) is 0.462. The summed E-state index contributed by atoms with van der Waals surface area (Å²) in [5.74, 6) is 5.06. The van der Waals surface area contributed by atoms with Gasteiger partial charge in [-0.3, -0.25) is 10.6 Å². The van der Waals surface area contributed by atoms with Crippen LogP contribution in [0.1, 0.15) is 29.8 Å². The Kier molecular flexibility index (Phi) is 5.32. The van der Waals surface area contributed by atoms with E-state index in [4.69, 9.17) is 5.84 Å². The molecule has 0 aliphatic carbocycles. The van der Waals surface area contributed by atoms with Gasteiger partial charge >= 0.3 is 0 Å². The third-order valence-electron chi connectivity index (χ3n) is 2.80. The standard InChI is InChI=1S/C13H22N4O3S/c1-9-7-10(5-6-11(9)16-14)12(18)15-8-13(2,3)17-21(4,19)20/h5-7,16-17H,8,14H2,1-4H3,(H,15,18). The number of hydrogen-bond acceptors (Lipinski definition) is 5. The predicted octanol–water partition coefficient (Wildman–Crippen LogP) is 0.338. The van der Waals surface area contributed by atoms with E-state index >= 15 is 0 Å². The van der Waals surface area contributed by atoms with Gasteiger partial charge in [0.1, 0.15) is 0 Å². The first kappa shape index (κ1) is 17.4. The van der Waals surface area contributed by atoms with Crippen LogP contribution in [-0.4, -0.2) is 32.7 Å². The number of carbonyl (C=O) groups is 1. The molecule has 5 N–H and O–H groups in total. The van der Waals surface area contributed by atoms with Crippen molar-refractivity contribution in [2.75, 3.05) is 18.2 Å². The third kappa shape index (κ3) is 5.70. The number of anilines is 1. The number of rotatable bonds is 6. The number of hydrogen-bond donors (Lipinski definition) is 4. The largest absolute Gasteiger partial charge is 0.350 e. The number of benzene rings is 1. The minimum Gasteiger partial charge on any atom is -0.350 e. The Labute approximate surface area is 125 Å². The van der Waals surface area contributed by atoms with Crippen LogP contribution in [0.5, 0.6) is 0 Å². The van der Waals surface area contributed by atoms with Crippen molar-refractivity contribution in [3.63, 3.8) is 0 Å². The summed E-state index contributed by atoms with van der Waals surface area (Å²) < 4.78 is 24.9. The van der Waals surface area contributed by atoms with Gasteiger partial charge in [0.25, 0.3) is 5.91 Å². The first-order valence-corrected chi connectivity index (χ1v) is 8.28. The summed E-state index contributed by atoms with van der Waals surface area (Å²) in [6.45, 7) is 5.40. The molecule has 0 aromatic heterocycles. The van der Waals surface area contributed by atoms with Gasteiger partial charge in [0.05, 0.1) is 11.9 Å². The average Bonchev–Trinajstić information content (AvgIpc) is 2.33. The number of carbonyl (C=O) groups excluding carboxylic acids is 1. The molecule has 1 amide bonds. The molecule has 7 nitrogen and oxygen atoms in total. The first-order valence-electron chi connectivity index (χ1n) is 6.38. The van der Waals surface area contributed by atoms with E-state index in [9.17, 15) is 13.2 Å². The molecule has 0 atom stereocenters. The Balaban J connectivity index is 2.72. The second kappa shape index (κ2) is 6.42. The fourth-order valence-electron chi connectivity index (χ4n) is 1.91. The average molecular weight is 314 g/mol. The number of nitrogens with one attached hydrogen (secondary N) is 3. The summed E-state index contributed by atoms with van der Waals surface area (Å²) in [5.41, 5.74) is 3.84. The van der Waals surface area contributed by atoms with Gasteiger partial charge in [-0.05, 0) is 44.5 Å². The summed E-state index contributed by atoms with van der Waals surface area (Å²) in [6.07, 6.45) is 1.08. The van der Waals surface area contributed by atoms with Gasteiger partial charge in [-0.1, -0.05) is 0 Å². The molecule has 0 aliphatic rings. The van der Waals surface area contributed by atoms with Crippen LogP contribution in [0.25, 0.3) is 0 Å². The molecule has 0 aliphatic heterocycles. The van der Waals surface area contributed by atoms with Crippen LogP contribution in [0.15, 0.2) is 18.2 Å². The molecular formula is C13H22N4O3S. The van der Waals surface area contributed by atoms with Crippen LogP contribution in [-0.2, 0) is 10.0 Å². The van der Waals surface area contributed by atoms with E-state index in [0.717, 1.165) is 17.5 Å². The first-order chi connectivity index (χ1) is 9.54. The molecule has 21 heavy (non-hydrogen) atoms. The number of amides is 1. The topological polar surface area (TPSA) is 113 Å². The van der Waals surface area contributed by atoms with Crippen LogP contribution in [0.3, 0.4) is 0 Å². The van der Waals surface area contributed by atoms with Gasteiger partial charge in [-0.15, -0.1) is 0 Å². The molecule has 0 saturated heterocycles. The Morgan fingerprint density at radius 2 is 1.95 bits per heavy atom. The SMILES string of the molecule is Cc1cc(C(=O)NCC(C)(C)NS(C)(=O)=O)ccc1NN. The van der Waals surface area contributed by atoms with Gasteiger partial charge in [-0.2, -0.15) is 0 Å². The maximum absolute atomic E-state index is 12.1. The van der Waals surface area contributed by atoms with Crippen molar-refractivity contribution in [3.05, 3.63) is 29.3 Å². The van der Waals surface area contributed by atoms with Gasteiger partial charge in [0.15, 0.2) is 0 Å². The molecule has 1 aromatic rings. The van der Waals surface area contributed by atoms with Crippen molar-refractivity contribution in [1.29, 1.82) is 0 Å². The Bertz CT molecular complexity index is 626. The number of hydrazine groups is 1. The van der Waals surface area contributed by atoms with Crippen molar-refractivity contribution >= 4 is 21.6 Å². The quantitative estimate of drug-likeness (QED) is 0.447. The van der Waals surface area contributed by atoms with Gasteiger partial charge < -0.3 is 10.7 Å². The van der Waals surface area contributed by atoms with E-state index in [0.29, 0.717) is 5.56 Å². The molecule has 8 heteroatoms. The van der Waals surface area contributed by atoms with Crippen LogP contribution >= 0.6 is 0 Å². The van der Waals surface area contributed by atoms with E-state index in [-0.39, 0.29) is 12.5 Å². The Morgan fingerprint density at radius 3 is 2.43 bits per heavy atom. The van der Waals surface area contributed by atoms with Crippen LogP contribution in [0, 0.1) is 6.92 Å². The highest BCUT2D eigenvalue weighted by Gasteiger charge is 2.23. The maximum Gasteiger partial charge on any atom is 0.251 e. The normalized spacial score (nSPS) is 12.0. The molecule has 0 radical (unpaired) electrons. The maximum atomic E-state index is 12.1. The number of aryl methyl sites for hydroxylation is 1. The lowest BCUT2D eigenvalue weighted by Gasteiger charge is -2.25. The zero-order chi connectivity index (χ0) is 16.3. The van der Waals surface area contributed by atoms with E-state index in [2.05, 4.69) is 15.5 Å². The lowest BCUT2D eigenvalue weighted by Crippen LogP contribution is -2.51. The lowest BCUT2D eigenvalue weighted by molar-refractivity contribution is 0.0944. The van der Waals surface area contributed by atoms with Gasteiger partial charge in [0, 0.05) is 17.6 Å². The van der Waals surface area contributed by atoms with E-state index in [1.807, 2.05) is 6.92 Å². The molecule has 0 heterocycles.